The highest BCUT2D eigenvalue weighted by atomic mass is 35.5. The number of ketones is 1. The SMILES string of the molecule is O=C1Cc2ccc(NC(=O)Nc3ccc(Cl)c(Cl)c3)cc2C1. The van der Waals surface area contributed by atoms with Crippen LogP contribution in [0.25, 0.3) is 0 Å². The Balaban J connectivity index is 1.68. The van der Waals surface area contributed by atoms with E-state index in [0.717, 1.165) is 11.1 Å². The largest absolute Gasteiger partial charge is 0.323 e. The van der Waals surface area contributed by atoms with Crippen LogP contribution in [0.3, 0.4) is 0 Å². The van der Waals surface area contributed by atoms with E-state index in [9.17, 15) is 9.59 Å². The molecule has 0 saturated heterocycles. The van der Waals surface area contributed by atoms with Crippen LogP contribution in [-0.2, 0) is 17.6 Å². The second-order valence-corrected chi connectivity index (χ2v) is 5.90. The van der Waals surface area contributed by atoms with Gasteiger partial charge in [0.25, 0.3) is 0 Å². The average molecular weight is 335 g/mol. The number of carbonyl (C=O) groups excluding carboxylic acids is 2. The molecule has 0 aromatic heterocycles. The zero-order chi connectivity index (χ0) is 15.7. The first kappa shape index (κ1) is 14.9. The van der Waals surface area contributed by atoms with E-state index in [2.05, 4.69) is 10.6 Å². The number of amides is 2. The summed E-state index contributed by atoms with van der Waals surface area (Å²) in [6, 6.07) is 9.94. The van der Waals surface area contributed by atoms with Gasteiger partial charge in [0.2, 0.25) is 0 Å². The maximum absolute atomic E-state index is 12.0. The molecule has 2 amide bonds. The summed E-state index contributed by atoms with van der Waals surface area (Å²) < 4.78 is 0. The third-order valence-corrected chi connectivity index (χ3v) is 4.16. The average Bonchev–Trinajstić information content (AvgIpc) is 2.82. The number of urea groups is 1. The quantitative estimate of drug-likeness (QED) is 0.859. The number of carbonyl (C=O) groups is 2. The Bertz CT molecular complexity index is 775. The van der Waals surface area contributed by atoms with Crippen molar-refractivity contribution in [3.63, 3.8) is 0 Å². The maximum Gasteiger partial charge on any atom is 0.323 e. The van der Waals surface area contributed by atoms with Crippen LogP contribution in [-0.4, -0.2) is 11.8 Å². The van der Waals surface area contributed by atoms with Crippen molar-refractivity contribution in [2.75, 3.05) is 10.6 Å². The fraction of sp³-hybridized carbons (Fsp3) is 0.125. The standard InChI is InChI=1S/C16H12Cl2N2O2/c17-14-4-3-12(8-15(14)18)20-16(22)19-11-2-1-9-6-13(21)7-10(9)5-11/h1-5,8H,6-7H2,(H2,19,20,22). The van der Waals surface area contributed by atoms with Crippen LogP contribution in [0.1, 0.15) is 11.1 Å². The number of hydrogen-bond acceptors (Lipinski definition) is 2. The van der Waals surface area contributed by atoms with Gasteiger partial charge in [0.15, 0.2) is 0 Å². The van der Waals surface area contributed by atoms with Crippen LogP contribution in [0, 0.1) is 0 Å². The summed E-state index contributed by atoms with van der Waals surface area (Å²) in [5.74, 6) is 0.201. The molecule has 3 rings (SSSR count). The molecule has 2 N–H and O–H groups in total. The van der Waals surface area contributed by atoms with Crippen LogP contribution >= 0.6 is 23.2 Å². The lowest BCUT2D eigenvalue weighted by Crippen LogP contribution is -2.19. The number of halogens is 2. The number of hydrogen-bond donors (Lipinski definition) is 2. The van der Waals surface area contributed by atoms with E-state index in [-0.39, 0.29) is 11.8 Å². The number of Topliss-reactive ketones (excluding diaryl/α,β-unsaturated/α-hetero) is 1. The minimum Gasteiger partial charge on any atom is -0.308 e. The number of nitrogens with one attached hydrogen (secondary N) is 2. The Hall–Kier alpha value is -2.04. The van der Waals surface area contributed by atoms with E-state index >= 15 is 0 Å². The van der Waals surface area contributed by atoms with Gasteiger partial charge in [-0.05, 0) is 41.5 Å². The summed E-state index contributed by atoms with van der Waals surface area (Å²) in [6.45, 7) is 0. The van der Waals surface area contributed by atoms with E-state index < -0.39 is 0 Å². The summed E-state index contributed by atoms with van der Waals surface area (Å²) in [5.41, 5.74) is 3.19. The molecule has 1 aliphatic carbocycles. The highest BCUT2D eigenvalue weighted by Gasteiger charge is 2.18. The fourth-order valence-electron chi connectivity index (χ4n) is 2.40. The number of anilines is 2. The van der Waals surface area contributed by atoms with Crippen LogP contribution in [0.4, 0.5) is 16.2 Å². The summed E-state index contributed by atoms with van der Waals surface area (Å²) in [5, 5.41) is 6.20. The molecule has 2 aromatic carbocycles. The Morgan fingerprint density at radius 2 is 1.50 bits per heavy atom. The van der Waals surface area contributed by atoms with Crippen LogP contribution < -0.4 is 10.6 Å². The first-order valence-electron chi connectivity index (χ1n) is 6.68. The van der Waals surface area contributed by atoms with Crippen LogP contribution in [0.2, 0.25) is 10.0 Å². The molecule has 0 aliphatic heterocycles. The zero-order valence-corrected chi connectivity index (χ0v) is 13.0. The Labute approximate surface area is 137 Å². The molecule has 0 spiro atoms. The van der Waals surface area contributed by atoms with Crippen molar-refractivity contribution in [3.05, 3.63) is 57.6 Å². The van der Waals surface area contributed by atoms with Gasteiger partial charge in [0.05, 0.1) is 10.0 Å². The van der Waals surface area contributed by atoms with Crippen molar-refractivity contribution in [1.29, 1.82) is 0 Å². The smallest absolute Gasteiger partial charge is 0.308 e. The summed E-state index contributed by atoms with van der Waals surface area (Å²) >= 11 is 11.7. The van der Waals surface area contributed by atoms with Crippen molar-refractivity contribution < 1.29 is 9.59 Å². The van der Waals surface area contributed by atoms with Gasteiger partial charge in [-0.3, -0.25) is 4.79 Å². The molecule has 0 heterocycles. The molecule has 0 fully saturated rings. The lowest BCUT2D eigenvalue weighted by molar-refractivity contribution is -0.117. The highest BCUT2D eigenvalue weighted by molar-refractivity contribution is 6.42. The van der Waals surface area contributed by atoms with Crippen molar-refractivity contribution in [1.82, 2.24) is 0 Å². The molecule has 0 unspecified atom stereocenters. The van der Waals surface area contributed by atoms with E-state index in [0.29, 0.717) is 34.3 Å². The molecule has 0 bridgehead atoms. The van der Waals surface area contributed by atoms with Crippen LogP contribution in [0.5, 0.6) is 0 Å². The normalized spacial score (nSPS) is 12.9. The Morgan fingerprint density at radius 1 is 0.864 bits per heavy atom. The molecule has 1 aliphatic rings. The molecule has 22 heavy (non-hydrogen) atoms. The topological polar surface area (TPSA) is 58.2 Å². The van der Waals surface area contributed by atoms with E-state index in [4.69, 9.17) is 23.2 Å². The highest BCUT2D eigenvalue weighted by Crippen LogP contribution is 2.26. The Morgan fingerprint density at radius 3 is 2.23 bits per heavy atom. The first-order valence-corrected chi connectivity index (χ1v) is 7.43. The van der Waals surface area contributed by atoms with E-state index in [1.807, 2.05) is 12.1 Å². The van der Waals surface area contributed by atoms with Gasteiger partial charge in [-0.25, -0.2) is 4.79 Å². The van der Waals surface area contributed by atoms with Crippen molar-refractivity contribution in [3.8, 4) is 0 Å². The van der Waals surface area contributed by atoms with Crippen molar-refractivity contribution in [2.45, 2.75) is 12.8 Å². The lowest BCUT2D eigenvalue weighted by atomic mass is 10.1. The second-order valence-electron chi connectivity index (χ2n) is 5.08. The van der Waals surface area contributed by atoms with Gasteiger partial charge in [-0.2, -0.15) is 0 Å². The summed E-state index contributed by atoms with van der Waals surface area (Å²) in [7, 11) is 0. The molecule has 0 saturated carbocycles. The molecular formula is C16H12Cl2N2O2. The zero-order valence-electron chi connectivity index (χ0n) is 11.5. The van der Waals surface area contributed by atoms with Crippen LogP contribution in [0.15, 0.2) is 36.4 Å². The van der Waals surface area contributed by atoms with Gasteiger partial charge in [-0.1, -0.05) is 29.3 Å². The van der Waals surface area contributed by atoms with Crippen molar-refractivity contribution in [2.24, 2.45) is 0 Å². The van der Waals surface area contributed by atoms with Gasteiger partial charge in [0.1, 0.15) is 5.78 Å². The summed E-state index contributed by atoms with van der Waals surface area (Å²) in [4.78, 5) is 23.4. The molecule has 4 nitrogen and oxygen atoms in total. The third-order valence-electron chi connectivity index (χ3n) is 3.42. The summed E-state index contributed by atoms with van der Waals surface area (Å²) in [6.07, 6.45) is 0.907. The third kappa shape index (κ3) is 3.24. The maximum atomic E-state index is 12.0. The first-order chi connectivity index (χ1) is 10.5. The minimum atomic E-state index is -0.386. The molecule has 112 valence electrons. The predicted octanol–water partition coefficient (Wildman–Crippen LogP) is 4.31. The molecule has 6 heteroatoms. The fourth-order valence-corrected chi connectivity index (χ4v) is 2.69. The molecule has 2 aromatic rings. The van der Waals surface area contributed by atoms with Gasteiger partial charge in [-0.15, -0.1) is 0 Å². The second kappa shape index (κ2) is 5.99. The van der Waals surface area contributed by atoms with Gasteiger partial charge in [0, 0.05) is 24.2 Å². The Kier molecular flexibility index (Phi) is 4.05. The molecular weight excluding hydrogens is 323 g/mol. The lowest BCUT2D eigenvalue weighted by Gasteiger charge is -2.09. The van der Waals surface area contributed by atoms with Crippen molar-refractivity contribution >= 4 is 46.4 Å². The van der Waals surface area contributed by atoms with Gasteiger partial charge < -0.3 is 10.6 Å². The number of rotatable bonds is 2. The number of fused-ring (bicyclic) bond motifs is 1. The van der Waals surface area contributed by atoms with Gasteiger partial charge >= 0.3 is 6.03 Å². The van der Waals surface area contributed by atoms with E-state index in [1.165, 1.54) is 0 Å². The monoisotopic (exact) mass is 334 g/mol. The predicted molar refractivity (Wildman–Crippen MR) is 88.0 cm³/mol. The number of benzene rings is 2. The van der Waals surface area contributed by atoms with E-state index in [1.54, 1.807) is 24.3 Å². The molecule has 0 atom stereocenters. The molecule has 0 radical (unpaired) electrons. The minimum absolute atomic E-state index is 0.201.